The molecule has 3 aromatic heterocycles. The van der Waals surface area contributed by atoms with Crippen molar-refractivity contribution in [2.75, 3.05) is 7.11 Å². The fourth-order valence-corrected chi connectivity index (χ4v) is 3.09. The normalized spacial score (nSPS) is 10.6. The average molecular weight is 356 g/mol. The van der Waals surface area contributed by atoms with E-state index in [4.69, 9.17) is 9.63 Å². The summed E-state index contributed by atoms with van der Waals surface area (Å²) in [6, 6.07) is 7.61. The number of rotatable bonds is 2. The summed E-state index contributed by atoms with van der Waals surface area (Å²) in [5.74, 6) is 0.644. The molecule has 0 bridgehead atoms. The zero-order valence-electron chi connectivity index (χ0n) is 13.9. The van der Waals surface area contributed by atoms with Gasteiger partial charge in [0.05, 0.1) is 9.88 Å². The van der Waals surface area contributed by atoms with Crippen molar-refractivity contribution in [2.45, 2.75) is 13.8 Å². The van der Waals surface area contributed by atoms with Crippen LogP contribution in [0, 0.1) is 13.8 Å². The second-order valence-corrected chi connectivity index (χ2v) is 6.50. The molecule has 0 atom stereocenters. The van der Waals surface area contributed by atoms with Crippen molar-refractivity contribution in [3.05, 3.63) is 51.4 Å². The van der Waals surface area contributed by atoms with Crippen molar-refractivity contribution >= 4 is 22.2 Å². The second kappa shape index (κ2) is 6.96. The minimum Gasteiger partial charge on any atom is -0.400 e. The number of H-pyrrole nitrogens is 1. The van der Waals surface area contributed by atoms with Gasteiger partial charge in [-0.1, -0.05) is 16.8 Å². The first-order chi connectivity index (χ1) is 12.1. The first-order valence-electron chi connectivity index (χ1n) is 7.45. The lowest BCUT2D eigenvalue weighted by Crippen LogP contribution is -2.08. The fourth-order valence-electron chi connectivity index (χ4n) is 2.38. The Labute approximate surface area is 147 Å². The summed E-state index contributed by atoms with van der Waals surface area (Å²) in [5, 5.41) is 12.8. The van der Waals surface area contributed by atoms with Crippen LogP contribution in [-0.2, 0) is 0 Å². The van der Waals surface area contributed by atoms with Crippen LogP contribution in [0.2, 0.25) is 0 Å². The summed E-state index contributed by atoms with van der Waals surface area (Å²) in [6.45, 7) is 3.91. The number of fused-ring (bicyclic) bond motifs is 1. The Morgan fingerprint density at radius 1 is 1.20 bits per heavy atom. The Bertz CT molecular complexity index is 1080. The Balaban J connectivity index is 0.000000880. The number of aliphatic hydroxyl groups excluding tert-OH is 1. The van der Waals surface area contributed by atoms with E-state index in [0.29, 0.717) is 11.4 Å². The van der Waals surface area contributed by atoms with Crippen molar-refractivity contribution in [1.82, 2.24) is 20.1 Å². The highest BCUT2D eigenvalue weighted by molar-refractivity contribution is 7.14. The molecule has 128 valence electrons. The molecule has 0 aliphatic rings. The van der Waals surface area contributed by atoms with E-state index in [-0.39, 0.29) is 11.4 Å². The number of aromatic amines is 1. The molecular weight excluding hydrogens is 340 g/mol. The third-order valence-corrected chi connectivity index (χ3v) is 4.41. The minimum atomic E-state index is -0.253. The first-order valence-corrected chi connectivity index (χ1v) is 8.27. The first kappa shape index (κ1) is 17.0. The van der Waals surface area contributed by atoms with Gasteiger partial charge >= 0.3 is 0 Å². The van der Waals surface area contributed by atoms with Crippen LogP contribution in [0.3, 0.4) is 0 Å². The van der Waals surface area contributed by atoms with Crippen LogP contribution in [0.25, 0.3) is 33.1 Å². The summed E-state index contributed by atoms with van der Waals surface area (Å²) < 4.78 is 5.27. The number of hydrogen-bond donors (Lipinski definition) is 2. The fraction of sp³-hybridized carbons (Fsp3) is 0.176. The van der Waals surface area contributed by atoms with E-state index in [1.807, 2.05) is 32.0 Å². The van der Waals surface area contributed by atoms with Gasteiger partial charge in [-0.2, -0.15) is 4.98 Å². The van der Waals surface area contributed by atoms with Gasteiger partial charge < -0.3 is 14.6 Å². The molecule has 0 radical (unpaired) electrons. The van der Waals surface area contributed by atoms with Gasteiger partial charge in [-0.05, 0) is 37.4 Å². The van der Waals surface area contributed by atoms with Crippen molar-refractivity contribution in [3.63, 3.8) is 0 Å². The number of aliphatic hydroxyl groups is 1. The summed E-state index contributed by atoms with van der Waals surface area (Å²) in [5.41, 5.74) is 2.00. The van der Waals surface area contributed by atoms with Gasteiger partial charge in [-0.15, -0.1) is 11.3 Å². The second-order valence-electron chi connectivity index (χ2n) is 5.27. The number of pyridine rings is 1. The summed E-state index contributed by atoms with van der Waals surface area (Å²) in [4.78, 5) is 24.4. The molecule has 2 N–H and O–H groups in total. The lowest BCUT2D eigenvalue weighted by molar-refractivity contribution is 0.399. The molecule has 0 aliphatic heterocycles. The molecule has 0 unspecified atom stereocenters. The van der Waals surface area contributed by atoms with Gasteiger partial charge in [0.1, 0.15) is 5.56 Å². The molecule has 7 nitrogen and oxygen atoms in total. The smallest absolute Gasteiger partial charge is 0.263 e. The molecule has 4 rings (SSSR count). The van der Waals surface area contributed by atoms with Crippen molar-refractivity contribution in [1.29, 1.82) is 0 Å². The SMILES string of the molecule is CO.Cc1ccc2[nH]c(=O)c(-c3nc(-c4cnc(C)s4)no3)cc2c1. The Hall–Kier alpha value is -2.84. The van der Waals surface area contributed by atoms with Crippen molar-refractivity contribution in [3.8, 4) is 22.2 Å². The molecule has 25 heavy (non-hydrogen) atoms. The molecule has 0 aliphatic carbocycles. The highest BCUT2D eigenvalue weighted by Gasteiger charge is 2.16. The lowest BCUT2D eigenvalue weighted by atomic mass is 10.1. The van der Waals surface area contributed by atoms with Crippen LogP contribution in [0.5, 0.6) is 0 Å². The highest BCUT2D eigenvalue weighted by Crippen LogP contribution is 2.26. The summed E-state index contributed by atoms with van der Waals surface area (Å²) >= 11 is 1.48. The molecular formula is C17H16N4O3S. The van der Waals surface area contributed by atoms with Gasteiger partial charge in [-0.25, -0.2) is 4.98 Å². The number of nitrogens with one attached hydrogen (secondary N) is 1. The number of hydrogen-bond acceptors (Lipinski definition) is 7. The van der Waals surface area contributed by atoms with E-state index >= 15 is 0 Å². The molecule has 0 saturated heterocycles. The molecule has 0 fully saturated rings. The number of aryl methyl sites for hydroxylation is 2. The molecule has 3 heterocycles. The molecule has 0 saturated carbocycles. The maximum Gasteiger partial charge on any atom is 0.263 e. The summed E-state index contributed by atoms with van der Waals surface area (Å²) in [6.07, 6.45) is 1.70. The van der Waals surface area contributed by atoms with E-state index in [2.05, 4.69) is 20.1 Å². The predicted molar refractivity (Wildman–Crippen MR) is 96.6 cm³/mol. The molecule has 0 spiro atoms. The van der Waals surface area contributed by atoms with Gasteiger partial charge in [-0.3, -0.25) is 4.79 Å². The maximum atomic E-state index is 12.3. The Morgan fingerprint density at radius 3 is 2.72 bits per heavy atom. The van der Waals surface area contributed by atoms with E-state index in [0.717, 1.165) is 33.5 Å². The van der Waals surface area contributed by atoms with Crippen LogP contribution in [0.4, 0.5) is 0 Å². The summed E-state index contributed by atoms with van der Waals surface area (Å²) in [7, 11) is 1.00. The van der Waals surface area contributed by atoms with Crippen molar-refractivity contribution < 1.29 is 9.63 Å². The van der Waals surface area contributed by atoms with E-state index < -0.39 is 0 Å². The van der Waals surface area contributed by atoms with E-state index in [1.165, 1.54) is 11.3 Å². The zero-order chi connectivity index (χ0) is 18.0. The van der Waals surface area contributed by atoms with Gasteiger partial charge in [0.25, 0.3) is 11.4 Å². The number of aromatic nitrogens is 4. The van der Waals surface area contributed by atoms with Gasteiger partial charge in [0.2, 0.25) is 5.82 Å². The van der Waals surface area contributed by atoms with Gasteiger partial charge in [0, 0.05) is 18.8 Å². The van der Waals surface area contributed by atoms with Crippen LogP contribution in [0.15, 0.2) is 39.8 Å². The Kier molecular flexibility index (Phi) is 4.73. The minimum absolute atomic E-state index is 0.204. The maximum absolute atomic E-state index is 12.3. The van der Waals surface area contributed by atoms with Crippen LogP contribution in [0.1, 0.15) is 10.6 Å². The quantitative estimate of drug-likeness (QED) is 0.572. The van der Waals surface area contributed by atoms with Crippen LogP contribution >= 0.6 is 11.3 Å². The molecule has 4 aromatic rings. The van der Waals surface area contributed by atoms with Crippen LogP contribution in [-0.4, -0.2) is 32.3 Å². The van der Waals surface area contributed by atoms with E-state index in [9.17, 15) is 4.79 Å². The topological polar surface area (TPSA) is 105 Å². The molecule has 0 amide bonds. The average Bonchev–Trinajstić information content (AvgIpc) is 3.25. The molecule has 1 aromatic carbocycles. The molecule has 8 heteroatoms. The monoisotopic (exact) mass is 356 g/mol. The third kappa shape index (κ3) is 3.35. The van der Waals surface area contributed by atoms with Crippen LogP contribution < -0.4 is 5.56 Å². The predicted octanol–water partition coefficient (Wildman–Crippen LogP) is 2.93. The zero-order valence-corrected chi connectivity index (χ0v) is 14.7. The number of nitrogens with zero attached hydrogens (tertiary/aromatic N) is 3. The van der Waals surface area contributed by atoms with Gasteiger partial charge in [0.15, 0.2) is 0 Å². The third-order valence-electron chi connectivity index (χ3n) is 3.50. The standard InChI is InChI=1S/C16H12N4O2S.CH4O/c1-8-3-4-12-10(5-8)6-11(15(21)18-12)16-19-14(20-22-16)13-7-17-9(2)23-13;1-2/h3-7H,1-2H3,(H,18,21);2H,1H3. The lowest BCUT2D eigenvalue weighted by Gasteiger charge is -2.01. The largest absolute Gasteiger partial charge is 0.400 e. The van der Waals surface area contributed by atoms with Crippen molar-refractivity contribution in [2.24, 2.45) is 0 Å². The highest BCUT2D eigenvalue weighted by atomic mass is 32.1. The number of benzene rings is 1. The Morgan fingerprint density at radius 2 is 2.00 bits per heavy atom. The van der Waals surface area contributed by atoms with E-state index in [1.54, 1.807) is 12.3 Å². The number of thiazole rings is 1.